The fraction of sp³-hybridized carbons (Fsp3) is 0.467. The Hall–Kier alpha value is -6.62. The number of thiazole rings is 2. The maximum absolute atomic E-state index is 13.6. The van der Waals surface area contributed by atoms with Crippen LogP contribution in [0, 0.1) is 6.92 Å². The number of nitrogens with one attached hydrogen (secondary N) is 6. The highest BCUT2D eigenvalue weighted by atomic mass is 79.9. The average molecular weight is 1340 g/mol. The van der Waals surface area contributed by atoms with Crippen LogP contribution in [0.1, 0.15) is 141 Å². The molecule has 22 nitrogen and oxygen atoms in total. The van der Waals surface area contributed by atoms with Gasteiger partial charge >= 0.3 is 24.2 Å². The number of carbonyl (C=O) groups is 4. The van der Waals surface area contributed by atoms with E-state index in [2.05, 4.69) is 66.6 Å². The summed E-state index contributed by atoms with van der Waals surface area (Å²) in [5.41, 5.74) is 1.92. The number of halogens is 1. The third-order valence-corrected chi connectivity index (χ3v) is 19.1. The smallest absolute Gasteiger partial charge is 0.410 e. The number of sulfonamides is 2. The number of ether oxygens (including phenoxy) is 2. The molecule has 4 aromatic heterocycles. The van der Waals surface area contributed by atoms with E-state index in [0.29, 0.717) is 52.1 Å². The molecule has 474 valence electrons. The average Bonchev–Trinajstić information content (AvgIpc) is 2.26. The Morgan fingerprint density at radius 3 is 1.45 bits per heavy atom. The molecule has 2 aliphatic heterocycles. The Kier molecular flexibility index (Phi) is 26.2. The lowest BCUT2D eigenvalue weighted by molar-refractivity contribution is 0.0683. The zero-order valence-corrected chi connectivity index (χ0v) is 55.2. The van der Waals surface area contributed by atoms with Gasteiger partial charge in [-0.25, -0.2) is 55.4 Å². The van der Waals surface area contributed by atoms with Gasteiger partial charge in [-0.05, 0) is 172 Å². The summed E-state index contributed by atoms with van der Waals surface area (Å²) in [5, 5.41) is 12.8. The second-order valence-corrected chi connectivity index (χ2v) is 29.9. The molecule has 2 fully saturated rings. The van der Waals surface area contributed by atoms with Crippen molar-refractivity contribution in [3.63, 3.8) is 0 Å². The molecule has 6 N–H and O–H groups in total. The molecule has 6 aromatic rings. The van der Waals surface area contributed by atoms with E-state index in [1.807, 2.05) is 46.0 Å². The highest BCUT2D eigenvalue weighted by Crippen LogP contribution is 2.39. The highest BCUT2D eigenvalue weighted by molar-refractivity contribution is 9.11. The van der Waals surface area contributed by atoms with Crippen molar-refractivity contribution in [1.29, 1.82) is 0 Å². The van der Waals surface area contributed by atoms with E-state index >= 15 is 0 Å². The Morgan fingerprint density at radius 2 is 1.03 bits per heavy atom. The molecule has 8 rings (SSSR count). The van der Waals surface area contributed by atoms with Gasteiger partial charge in [0.1, 0.15) is 0 Å². The van der Waals surface area contributed by atoms with Gasteiger partial charge in [-0.3, -0.25) is 9.97 Å². The number of likely N-dealkylation sites (tertiary alicyclic amines) is 2. The molecule has 87 heavy (non-hydrogen) atoms. The van der Waals surface area contributed by atoms with Gasteiger partial charge in [0.15, 0.2) is 0 Å². The topological polar surface area (TPSA) is 285 Å². The van der Waals surface area contributed by atoms with E-state index in [9.17, 15) is 36.0 Å². The summed E-state index contributed by atoms with van der Waals surface area (Å²) in [7, 11) is -7.66. The number of nitrogens with zero attached hydrogens (tertiary/aromatic N) is 6. The minimum atomic E-state index is -3.96. The maximum atomic E-state index is 13.6. The van der Waals surface area contributed by atoms with E-state index in [4.69, 9.17) is 9.47 Å². The van der Waals surface area contributed by atoms with Gasteiger partial charge in [0.25, 0.3) is 0 Å². The molecule has 0 bridgehead atoms. The monoisotopic (exact) mass is 1340 g/mol. The van der Waals surface area contributed by atoms with Gasteiger partial charge in [-0.15, -0.1) is 22.7 Å². The van der Waals surface area contributed by atoms with E-state index in [-0.39, 0.29) is 60.6 Å². The molecule has 27 heteroatoms. The van der Waals surface area contributed by atoms with Crippen LogP contribution in [0.2, 0.25) is 0 Å². The summed E-state index contributed by atoms with van der Waals surface area (Å²) in [6, 6.07) is 19.5. The van der Waals surface area contributed by atoms with Crippen LogP contribution < -0.4 is 30.7 Å². The summed E-state index contributed by atoms with van der Waals surface area (Å²) in [6.07, 6.45) is 9.53. The Labute approximate surface area is 529 Å². The molecule has 0 saturated carbocycles. The van der Waals surface area contributed by atoms with Crippen molar-refractivity contribution in [2.75, 3.05) is 36.8 Å². The summed E-state index contributed by atoms with van der Waals surface area (Å²) < 4.78 is 69.2. The van der Waals surface area contributed by atoms with Crippen molar-refractivity contribution in [1.82, 2.24) is 49.8 Å². The van der Waals surface area contributed by atoms with E-state index in [1.165, 1.54) is 28.5 Å². The molecule has 2 saturated heterocycles. The molecule has 2 aromatic carbocycles. The van der Waals surface area contributed by atoms with E-state index < -0.39 is 43.2 Å². The molecule has 6 amide bonds. The van der Waals surface area contributed by atoms with Crippen LogP contribution in [0.25, 0.3) is 10.4 Å². The summed E-state index contributed by atoms with van der Waals surface area (Å²) in [4.78, 5) is 70.3. The van der Waals surface area contributed by atoms with E-state index in [1.54, 1.807) is 137 Å². The predicted molar refractivity (Wildman–Crippen MR) is 346 cm³/mol. The van der Waals surface area contributed by atoms with E-state index in [0.717, 1.165) is 53.3 Å². The number of hydrogen-bond acceptors (Lipinski definition) is 16. The van der Waals surface area contributed by atoms with Gasteiger partial charge in [0.05, 0.1) is 71.4 Å². The van der Waals surface area contributed by atoms with Crippen LogP contribution in [-0.4, -0.2) is 120 Å². The summed E-state index contributed by atoms with van der Waals surface area (Å²) in [6.45, 7) is 22.9. The first-order valence-corrected chi connectivity index (χ1v) is 33.5. The van der Waals surface area contributed by atoms with Crippen molar-refractivity contribution < 1.29 is 45.5 Å². The zero-order chi connectivity index (χ0) is 63.0. The molecule has 0 atom stereocenters. The fourth-order valence-corrected chi connectivity index (χ4v) is 14.8. The maximum Gasteiger partial charge on any atom is 0.410 e. The third kappa shape index (κ3) is 23.1. The van der Waals surface area contributed by atoms with Crippen LogP contribution in [-0.2, 0) is 42.6 Å². The number of piperidine rings is 2. The Morgan fingerprint density at radius 1 is 0.609 bits per heavy atom. The highest BCUT2D eigenvalue weighted by Gasteiger charge is 2.31. The number of benzene rings is 2. The second-order valence-electron chi connectivity index (χ2n) is 23.1. The number of aryl methyl sites for hydroxylation is 1. The molecule has 0 aliphatic carbocycles. The van der Waals surface area contributed by atoms with Gasteiger partial charge < -0.3 is 40.5 Å². The number of anilines is 2. The van der Waals surface area contributed by atoms with Crippen molar-refractivity contribution >= 4 is 94.3 Å². The number of pyridine rings is 2. The third-order valence-electron chi connectivity index (χ3n) is 12.6. The minimum Gasteiger partial charge on any atom is -0.447 e. The number of hydrogen-bond donors (Lipinski definition) is 6. The molecule has 2 aliphatic rings. The largest absolute Gasteiger partial charge is 0.447 e. The molecule has 0 radical (unpaired) electrons. The van der Waals surface area contributed by atoms with Gasteiger partial charge in [0, 0.05) is 84.6 Å². The molecular weight excluding hydrogens is 1260 g/mol. The number of amides is 6. The lowest BCUT2D eigenvalue weighted by Crippen LogP contribution is -2.40. The van der Waals surface area contributed by atoms with Crippen LogP contribution in [0.5, 0.6) is 0 Å². The van der Waals surface area contributed by atoms with Gasteiger partial charge in [-0.1, -0.05) is 31.7 Å². The standard InChI is InChI=1S/C29H38N6O5S2.C18H24N4O3S.C12H17BrN2O2S.CH4/c1-19(2)40-28(37)35-14-11-20(12-15-35)26-31-18-24(41-26)23-10-9-21(16-25(23)42(38,39)34-29(3,4)5)33-27(36)32-17-22-8-6-7-13-30-22;1-13-8-9-14(11-16(13)26(24,25)22-18(2,3)4)21-17(23)20-12-15-7-5-6-10-19-15;1-8(2)17-12(16)15-5-3-9(4-6-15)11-14-7-10(13)18-11;/h6-10,13,16,18-20,34H,11-12,14-15,17H2,1-5H3,(H2,32,33,36);5-11,22H,12H2,1-4H3,(H2,20,21,23);7-9H,3-6H2,1-2H3;1H4. The van der Waals surface area contributed by atoms with Crippen molar-refractivity contribution in [3.8, 4) is 10.4 Å². The van der Waals surface area contributed by atoms with Gasteiger partial charge in [-0.2, -0.15) is 0 Å². The van der Waals surface area contributed by atoms with Crippen LogP contribution in [0.4, 0.5) is 30.6 Å². The van der Waals surface area contributed by atoms with Crippen LogP contribution >= 0.6 is 38.6 Å². The number of rotatable bonds is 15. The molecule has 0 unspecified atom stereocenters. The lowest BCUT2D eigenvalue weighted by atomic mass is 9.98. The first-order valence-electron chi connectivity index (χ1n) is 28.1. The quantitative estimate of drug-likeness (QED) is 0.0558. The predicted octanol–water partition coefficient (Wildman–Crippen LogP) is 12.4. The fourth-order valence-electron chi connectivity index (χ4n) is 8.83. The lowest BCUT2D eigenvalue weighted by Gasteiger charge is -2.30. The van der Waals surface area contributed by atoms with Crippen LogP contribution in [0.15, 0.2) is 111 Å². The minimum absolute atomic E-state index is 0. The molecular formula is C60H83BrN12O10S4. The van der Waals surface area contributed by atoms with Crippen molar-refractivity contribution in [3.05, 3.63) is 128 Å². The summed E-state index contributed by atoms with van der Waals surface area (Å²) >= 11 is 6.56. The number of carbonyl (C=O) groups excluding carboxylic acids is 4. The Bertz CT molecular complexity index is 3450. The first kappa shape index (κ1) is 71.1. The SMILES string of the molecule is C.CC(C)OC(=O)N1CCC(c2ncc(-c3ccc(NC(=O)NCc4ccccn4)cc3S(=O)(=O)NC(C)(C)C)s2)CC1.CC(C)OC(=O)N1CCC(c2ncc(Br)s2)CC1.Cc1ccc(NC(=O)NCc2ccccn2)cc1S(=O)(=O)NC(C)(C)C. The normalized spacial score (nSPS) is 14.1. The molecule has 0 spiro atoms. The van der Waals surface area contributed by atoms with Crippen LogP contribution in [0.3, 0.4) is 0 Å². The number of urea groups is 2. The second kappa shape index (κ2) is 32.0. The number of aromatic nitrogens is 4. The van der Waals surface area contributed by atoms with Crippen molar-refractivity contribution in [2.45, 2.75) is 167 Å². The zero-order valence-electron chi connectivity index (χ0n) is 50.4. The Balaban J connectivity index is 0.000000261. The first-order chi connectivity index (χ1) is 40.4. The summed E-state index contributed by atoms with van der Waals surface area (Å²) in [5.74, 6) is 0.632. The molecule has 6 heterocycles. The van der Waals surface area contributed by atoms with Gasteiger partial charge in [0.2, 0.25) is 20.0 Å². The van der Waals surface area contributed by atoms with Crippen molar-refractivity contribution in [2.24, 2.45) is 0 Å².